The van der Waals surface area contributed by atoms with Gasteiger partial charge in [-0.15, -0.1) is 0 Å². The lowest BCUT2D eigenvalue weighted by Gasteiger charge is -2.25. The third-order valence-electron chi connectivity index (χ3n) is 7.55. The zero-order valence-electron chi connectivity index (χ0n) is 27.7. The van der Waals surface area contributed by atoms with Gasteiger partial charge in [-0.1, -0.05) is 92.7 Å². The van der Waals surface area contributed by atoms with Gasteiger partial charge in [0.1, 0.15) is 18.1 Å². The van der Waals surface area contributed by atoms with Gasteiger partial charge in [0.05, 0.1) is 7.11 Å². The van der Waals surface area contributed by atoms with Crippen LogP contribution < -0.4 is 21.3 Å². The number of Topliss-reactive ketones (excluding diaryl/α,β-unsaturated/α-hetero) is 1. The van der Waals surface area contributed by atoms with Crippen LogP contribution in [0.3, 0.4) is 0 Å². The predicted octanol–water partition coefficient (Wildman–Crippen LogP) is 2.92. The number of methoxy groups -OCH3 is 1. The van der Waals surface area contributed by atoms with Gasteiger partial charge >= 0.3 is 5.97 Å². The number of nitrogens with one attached hydrogen (secondary N) is 4. The van der Waals surface area contributed by atoms with Crippen LogP contribution in [-0.2, 0) is 41.6 Å². The number of carbonyl (C=O) groups excluding carboxylic acids is 6. The Kier molecular flexibility index (Phi) is 14.5. The SMILES string of the molecule is COC(=O)[C@H](Cc1ccccc1)NC(=O)C(=O)C[C@H](CC(C)C)NC(=O)[C@H](C)NC(=O)[C@H](Cc1ccccc1)NC(=O)c1ccccc1. The molecule has 254 valence electrons. The molecule has 0 saturated carbocycles. The molecule has 11 nitrogen and oxygen atoms in total. The standard InChI is InChI=1S/C37H44N4O7/c1-24(2)20-29(23-32(42)36(46)41-31(37(47)48-4)22-27-16-10-6-11-17-27)39-33(43)25(3)38-35(45)30(21-26-14-8-5-9-15-26)40-34(44)28-18-12-7-13-19-28/h5-19,24-25,29-31H,20-23H2,1-4H3,(H,38,45)(H,39,43)(H,40,44)(H,41,46)/t25-,29-,30-,31-/m0/s1. The smallest absolute Gasteiger partial charge is 0.328 e. The fourth-order valence-electron chi connectivity index (χ4n) is 5.10. The predicted molar refractivity (Wildman–Crippen MR) is 181 cm³/mol. The summed E-state index contributed by atoms with van der Waals surface area (Å²) in [7, 11) is 1.20. The average molecular weight is 657 g/mol. The first-order chi connectivity index (χ1) is 23.0. The number of carbonyl (C=O) groups is 6. The van der Waals surface area contributed by atoms with Gasteiger partial charge in [0, 0.05) is 30.9 Å². The third kappa shape index (κ3) is 12.1. The summed E-state index contributed by atoms with van der Waals surface area (Å²) in [6.07, 6.45) is 0.377. The normalized spacial score (nSPS) is 13.3. The highest BCUT2D eigenvalue weighted by Crippen LogP contribution is 2.11. The molecule has 0 saturated heterocycles. The van der Waals surface area contributed by atoms with Crippen LogP contribution in [0.5, 0.6) is 0 Å². The minimum atomic E-state index is -1.08. The third-order valence-corrected chi connectivity index (χ3v) is 7.55. The fourth-order valence-corrected chi connectivity index (χ4v) is 5.10. The van der Waals surface area contributed by atoms with Crippen LogP contribution in [0, 0.1) is 5.92 Å². The maximum atomic E-state index is 13.4. The molecule has 4 atom stereocenters. The van der Waals surface area contributed by atoms with E-state index in [4.69, 9.17) is 4.74 Å². The summed E-state index contributed by atoms with van der Waals surface area (Å²) in [4.78, 5) is 77.9. The van der Waals surface area contributed by atoms with Crippen LogP contribution in [0.25, 0.3) is 0 Å². The van der Waals surface area contributed by atoms with Crippen molar-refractivity contribution in [2.24, 2.45) is 5.92 Å². The molecule has 48 heavy (non-hydrogen) atoms. The Hall–Kier alpha value is -5.32. The molecule has 3 aromatic rings. The van der Waals surface area contributed by atoms with Gasteiger partial charge in [-0.2, -0.15) is 0 Å². The molecular formula is C37H44N4O7. The molecule has 0 aromatic heterocycles. The highest BCUT2D eigenvalue weighted by atomic mass is 16.5. The van der Waals surface area contributed by atoms with Crippen molar-refractivity contribution in [2.45, 2.75) is 70.6 Å². The fraction of sp³-hybridized carbons (Fsp3) is 0.351. The molecule has 0 aliphatic heterocycles. The molecule has 3 rings (SSSR count). The second-order valence-corrected chi connectivity index (χ2v) is 12.0. The zero-order chi connectivity index (χ0) is 35.1. The van der Waals surface area contributed by atoms with Crippen molar-refractivity contribution in [3.05, 3.63) is 108 Å². The molecule has 0 spiro atoms. The van der Waals surface area contributed by atoms with Crippen molar-refractivity contribution in [3.63, 3.8) is 0 Å². The van der Waals surface area contributed by atoms with Crippen molar-refractivity contribution in [1.29, 1.82) is 0 Å². The number of hydrogen-bond donors (Lipinski definition) is 4. The summed E-state index contributed by atoms with van der Waals surface area (Å²) in [6.45, 7) is 5.31. The van der Waals surface area contributed by atoms with Gasteiger partial charge < -0.3 is 26.0 Å². The lowest BCUT2D eigenvalue weighted by Crippen LogP contribution is -2.55. The van der Waals surface area contributed by atoms with Crippen molar-refractivity contribution in [3.8, 4) is 0 Å². The molecule has 0 aliphatic rings. The lowest BCUT2D eigenvalue weighted by molar-refractivity contribution is -0.146. The second-order valence-electron chi connectivity index (χ2n) is 12.0. The molecule has 11 heteroatoms. The monoisotopic (exact) mass is 656 g/mol. The molecule has 4 amide bonds. The van der Waals surface area contributed by atoms with Gasteiger partial charge in [0.15, 0.2) is 0 Å². The first kappa shape index (κ1) is 37.1. The van der Waals surface area contributed by atoms with Crippen LogP contribution in [0.1, 0.15) is 55.1 Å². The first-order valence-corrected chi connectivity index (χ1v) is 15.9. The lowest BCUT2D eigenvalue weighted by atomic mass is 9.98. The molecule has 0 unspecified atom stereocenters. The van der Waals surface area contributed by atoms with E-state index in [9.17, 15) is 28.8 Å². The number of esters is 1. The molecule has 0 aliphatic carbocycles. The maximum absolute atomic E-state index is 13.4. The first-order valence-electron chi connectivity index (χ1n) is 15.9. The number of ketones is 1. The Morgan fingerprint density at radius 3 is 1.67 bits per heavy atom. The quantitative estimate of drug-likeness (QED) is 0.128. The van der Waals surface area contributed by atoms with Crippen LogP contribution in [-0.4, -0.2) is 66.7 Å². The van der Waals surface area contributed by atoms with Gasteiger partial charge in [0.25, 0.3) is 11.8 Å². The van der Waals surface area contributed by atoms with E-state index >= 15 is 0 Å². The minimum absolute atomic E-state index is 0.0559. The van der Waals surface area contributed by atoms with Crippen molar-refractivity contribution in [2.75, 3.05) is 7.11 Å². The molecule has 0 heterocycles. The van der Waals surface area contributed by atoms with E-state index in [-0.39, 0.29) is 25.2 Å². The molecule has 0 bridgehead atoms. The average Bonchev–Trinajstić information content (AvgIpc) is 3.08. The van der Waals surface area contributed by atoms with Gasteiger partial charge in [-0.05, 0) is 42.5 Å². The van der Waals surface area contributed by atoms with Crippen LogP contribution in [0.2, 0.25) is 0 Å². The Morgan fingerprint density at radius 2 is 1.15 bits per heavy atom. The summed E-state index contributed by atoms with van der Waals surface area (Å²) in [6, 6.07) is 22.9. The number of hydrogen-bond acceptors (Lipinski definition) is 7. The second kappa shape index (κ2) is 18.7. The Morgan fingerprint density at radius 1 is 0.625 bits per heavy atom. The molecule has 0 fully saturated rings. The van der Waals surface area contributed by atoms with E-state index in [1.807, 2.05) is 50.2 Å². The molecule has 4 N–H and O–H groups in total. The minimum Gasteiger partial charge on any atom is -0.467 e. The van der Waals surface area contributed by atoms with Crippen molar-refractivity contribution >= 4 is 35.4 Å². The molecule has 0 radical (unpaired) electrons. The van der Waals surface area contributed by atoms with Gasteiger partial charge in [0.2, 0.25) is 17.6 Å². The van der Waals surface area contributed by atoms with E-state index in [1.54, 1.807) is 54.6 Å². The summed E-state index contributed by atoms with van der Waals surface area (Å²) in [5.41, 5.74) is 1.97. The maximum Gasteiger partial charge on any atom is 0.328 e. The van der Waals surface area contributed by atoms with Crippen LogP contribution in [0.4, 0.5) is 0 Å². The van der Waals surface area contributed by atoms with E-state index in [0.717, 1.165) is 11.1 Å². The Labute approximate surface area is 281 Å². The van der Waals surface area contributed by atoms with E-state index in [2.05, 4.69) is 21.3 Å². The summed E-state index contributed by atoms with van der Waals surface area (Å²) in [5.74, 6) is -3.98. The number of ether oxygens (including phenoxy) is 1. The highest BCUT2D eigenvalue weighted by molar-refractivity contribution is 6.36. The van der Waals surface area contributed by atoms with Gasteiger partial charge in [-0.3, -0.25) is 24.0 Å². The van der Waals surface area contributed by atoms with Gasteiger partial charge in [-0.25, -0.2) is 4.79 Å². The van der Waals surface area contributed by atoms with E-state index in [0.29, 0.717) is 12.0 Å². The van der Waals surface area contributed by atoms with E-state index in [1.165, 1.54) is 14.0 Å². The summed E-state index contributed by atoms with van der Waals surface area (Å²) >= 11 is 0. The highest BCUT2D eigenvalue weighted by Gasteiger charge is 2.30. The van der Waals surface area contributed by atoms with Crippen LogP contribution in [0.15, 0.2) is 91.0 Å². The van der Waals surface area contributed by atoms with Crippen LogP contribution >= 0.6 is 0 Å². The number of benzene rings is 3. The Bertz CT molecular complexity index is 1530. The topological polar surface area (TPSA) is 160 Å². The number of rotatable bonds is 17. The van der Waals surface area contributed by atoms with Crippen molar-refractivity contribution < 1.29 is 33.5 Å². The Balaban J connectivity index is 1.65. The summed E-state index contributed by atoms with van der Waals surface area (Å²) in [5, 5.41) is 10.7. The molecular weight excluding hydrogens is 612 g/mol. The molecule has 3 aromatic carbocycles. The largest absolute Gasteiger partial charge is 0.467 e. The van der Waals surface area contributed by atoms with E-state index < -0.39 is 59.5 Å². The number of amides is 4. The zero-order valence-corrected chi connectivity index (χ0v) is 27.7. The van der Waals surface area contributed by atoms with Crippen molar-refractivity contribution in [1.82, 2.24) is 21.3 Å². The summed E-state index contributed by atoms with van der Waals surface area (Å²) < 4.78 is 4.82.